The van der Waals surface area contributed by atoms with E-state index in [-0.39, 0.29) is 9.79 Å². The first-order valence-electron chi connectivity index (χ1n) is 9.39. The molecule has 0 amide bonds. The van der Waals surface area contributed by atoms with E-state index < -0.39 is 9.84 Å². The van der Waals surface area contributed by atoms with Gasteiger partial charge in [0.15, 0.2) is 22.6 Å². The monoisotopic (exact) mass is 399 g/mol. The molecular formula is C21H23N2O4S+. The predicted octanol–water partition coefficient (Wildman–Crippen LogP) is 3.10. The summed E-state index contributed by atoms with van der Waals surface area (Å²) in [6.45, 7) is 6.38. The first kappa shape index (κ1) is 18.6. The summed E-state index contributed by atoms with van der Waals surface area (Å²) in [7, 11) is -3.69. The molecule has 28 heavy (non-hydrogen) atoms. The Bertz CT molecular complexity index is 1110. The summed E-state index contributed by atoms with van der Waals surface area (Å²) >= 11 is 0. The lowest BCUT2D eigenvalue weighted by molar-refractivity contribution is -0.347. The Balaban J connectivity index is 2.02. The Morgan fingerprint density at radius 1 is 1.00 bits per heavy atom. The summed E-state index contributed by atoms with van der Waals surface area (Å²) < 4.78 is 38.3. The van der Waals surface area contributed by atoms with Crippen LogP contribution in [-0.2, 0) is 9.84 Å². The van der Waals surface area contributed by atoms with Crippen molar-refractivity contribution in [3.63, 3.8) is 0 Å². The molecule has 1 aliphatic heterocycles. The lowest BCUT2D eigenvalue weighted by Crippen LogP contribution is -2.26. The van der Waals surface area contributed by atoms with Gasteiger partial charge in [-0.15, -0.1) is 0 Å². The van der Waals surface area contributed by atoms with Gasteiger partial charge in [-0.05, 0) is 26.0 Å². The van der Waals surface area contributed by atoms with Gasteiger partial charge in [0.2, 0.25) is 15.4 Å². The molecule has 0 radical (unpaired) electrons. The number of nitrogens with zero attached hydrogens (tertiary/aromatic N) is 1. The summed E-state index contributed by atoms with van der Waals surface area (Å²) in [6.07, 6.45) is 1.58. The number of sulfone groups is 1. The topological polar surface area (TPSA) is 70.0 Å². The minimum atomic E-state index is -3.69. The largest absolute Gasteiger partial charge is 0.486 e. The van der Waals surface area contributed by atoms with Gasteiger partial charge in [0, 0.05) is 19.2 Å². The summed E-state index contributed by atoms with van der Waals surface area (Å²) in [5.41, 5.74) is 1.48. The van der Waals surface area contributed by atoms with Crippen LogP contribution in [0.4, 0.5) is 5.69 Å². The van der Waals surface area contributed by atoms with E-state index in [4.69, 9.17) is 9.47 Å². The highest BCUT2D eigenvalue weighted by Crippen LogP contribution is 2.40. The molecule has 1 N–H and O–H groups in total. The van der Waals surface area contributed by atoms with Gasteiger partial charge in [-0.2, -0.15) is 0 Å². The van der Waals surface area contributed by atoms with E-state index in [1.54, 1.807) is 36.5 Å². The molecule has 3 aromatic rings. The van der Waals surface area contributed by atoms with Crippen molar-refractivity contribution in [2.45, 2.75) is 23.6 Å². The molecule has 146 valence electrons. The van der Waals surface area contributed by atoms with Gasteiger partial charge in [0.1, 0.15) is 13.2 Å². The number of fused-ring (bicyclic) bond motifs is 2. The molecule has 0 aliphatic carbocycles. The average Bonchev–Trinajstić information content (AvgIpc) is 2.73. The van der Waals surface area contributed by atoms with Crippen LogP contribution < -0.4 is 19.4 Å². The number of benzene rings is 2. The van der Waals surface area contributed by atoms with Crippen molar-refractivity contribution in [1.29, 1.82) is 0 Å². The van der Waals surface area contributed by atoms with Gasteiger partial charge < -0.3 is 14.4 Å². The number of hydrogen-bond acceptors (Lipinski definition) is 5. The van der Waals surface area contributed by atoms with E-state index in [0.29, 0.717) is 43.5 Å². The van der Waals surface area contributed by atoms with E-state index in [1.807, 2.05) is 26.0 Å². The van der Waals surface area contributed by atoms with Gasteiger partial charge in [-0.25, -0.2) is 13.4 Å². The number of nitrogens with one attached hydrogen (secondary N) is 1. The maximum absolute atomic E-state index is 13.4. The predicted molar refractivity (Wildman–Crippen MR) is 107 cm³/mol. The lowest BCUT2D eigenvalue weighted by Gasteiger charge is -2.25. The highest BCUT2D eigenvalue weighted by molar-refractivity contribution is 7.91. The van der Waals surface area contributed by atoms with E-state index in [9.17, 15) is 8.42 Å². The molecule has 0 bridgehead atoms. The van der Waals surface area contributed by atoms with Crippen LogP contribution in [0, 0.1) is 0 Å². The van der Waals surface area contributed by atoms with Crippen molar-refractivity contribution in [2.75, 3.05) is 31.2 Å². The Morgan fingerprint density at radius 2 is 1.64 bits per heavy atom. The van der Waals surface area contributed by atoms with Gasteiger partial charge in [0.05, 0.1) is 22.0 Å². The smallest absolute Gasteiger partial charge is 0.217 e. The highest BCUT2D eigenvalue weighted by atomic mass is 32.2. The fourth-order valence-electron chi connectivity index (χ4n) is 3.55. The zero-order valence-corrected chi connectivity index (χ0v) is 16.8. The zero-order valence-electron chi connectivity index (χ0n) is 15.9. The van der Waals surface area contributed by atoms with Crippen molar-refractivity contribution < 1.29 is 22.9 Å². The Labute approximate surface area is 164 Å². The first-order valence-corrected chi connectivity index (χ1v) is 10.9. The van der Waals surface area contributed by atoms with Crippen LogP contribution in [0.1, 0.15) is 13.8 Å². The van der Waals surface area contributed by atoms with Gasteiger partial charge in [0.25, 0.3) is 0 Å². The molecular weight excluding hydrogens is 376 g/mol. The van der Waals surface area contributed by atoms with Crippen LogP contribution in [0.3, 0.4) is 0 Å². The molecule has 6 nitrogen and oxygen atoms in total. The number of ether oxygens (including phenoxy) is 2. The molecule has 4 rings (SSSR count). The Hall–Kier alpha value is -2.80. The minimum absolute atomic E-state index is 0.256. The third-order valence-electron chi connectivity index (χ3n) is 4.95. The van der Waals surface area contributed by atoms with E-state index >= 15 is 0 Å². The summed E-state index contributed by atoms with van der Waals surface area (Å²) in [4.78, 5) is 5.73. The maximum atomic E-state index is 13.4. The molecule has 1 aromatic heterocycles. The number of anilines is 1. The lowest BCUT2D eigenvalue weighted by atomic mass is 10.1. The summed E-state index contributed by atoms with van der Waals surface area (Å²) in [5.74, 6) is 1.30. The normalized spacial score (nSPS) is 13.5. The van der Waals surface area contributed by atoms with Crippen LogP contribution in [0.25, 0.3) is 10.9 Å². The second-order valence-electron chi connectivity index (χ2n) is 6.53. The molecule has 7 heteroatoms. The standard InChI is InChI=1S/C21H22N2O4S/c1-3-23(4-2)21-16-12-18-19(27-11-10-26-18)13-17(16)22-14-20(21)28(24,25)15-8-6-5-7-9-15/h5-9,12-14H,3-4,10-11H2,1-2H3/p+1. The molecule has 0 saturated heterocycles. The number of rotatable bonds is 5. The first-order chi connectivity index (χ1) is 13.6. The zero-order chi connectivity index (χ0) is 19.7. The molecule has 0 unspecified atom stereocenters. The van der Waals surface area contributed by atoms with E-state index in [0.717, 1.165) is 10.9 Å². The van der Waals surface area contributed by atoms with Crippen LogP contribution in [0.2, 0.25) is 0 Å². The number of pyridine rings is 1. The van der Waals surface area contributed by atoms with Gasteiger partial charge >= 0.3 is 0 Å². The van der Waals surface area contributed by atoms with Crippen LogP contribution in [0.5, 0.6) is 11.5 Å². The van der Waals surface area contributed by atoms with Gasteiger partial charge in [-0.3, -0.25) is 0 Å². The molecule has 2 heterocycles. The summed E-state index contributed by atoms with van der Waals surface area (Å²) in [5, 5.41) is 0.796. The van der Waals surface area contributed by atoms with Gasteiger partial charge in [-0.1, -0.05) is 18.2 Å². The van der Waals surface area contributed by atoms with Crippen LogP contribution in [0.15, 0.2) is 58.5 Å². The molecule has 0 fully saturated rings. The van der Waals surface area contributed by atoms with Crippen molar-refractivity contribution in [1.82, 2.24) is 0 Å². The average molecular weight is 399 g/mol. The Kier molecular flexibility index (Phi) is 4.85. The van der Waals surface area contributed by atoms with Crippen molar-refractivity contribution >= 4 is 26.4 Å². The third-order valence-corrected chi connectivity index (χ3v) is 6.74. The van der Waals surface area contributed by atoms with E-state index in [2.05, 4.69) is 9.88 Å². The number of aromatic amines is 1. The fourth-order valence-corrected chi connectivity index (χ4v) is 5.02. The summed E-state index contributed by atoms with van der Waals surface area (Å²) in [6, 6.07) is 12.3. The molecule has 1 aliphatic rings. The third kappa shape index (κ3) is 3.05. The second-order valence-corrected chi connectivity index (χ2v) is 8.45. The molecule has 0 spiro atoms. The van der Waals surface area contributed by atoms with Crippen molar-refractivity contribution in [3.05, 3.63) is 48.7 Å². The quantitative estimate of drug-likeness (QED) is 0.659. The molecule has 0 atom stereocenters. The van der Waals surface area contributed by atoms with Crippen LogP contribution >= 0.6 is 0 Å². The molecule has 0 saturated carbocycles. The van der Waals surface area contributed by atoms with E-state index in [1.165, 1.54) is 0 Å². The van der Waals surface area contributed by atoms with Crippen molar-refractivity contribution in [3.8, 4) is 11.5 Å². The highest BCUT2D eigenvalue weighted by Gasteiger charge is 2.30. The maximum Gasteiger partial charge on any atom is 0.217 e. The SMILES string of the molecule is CCN(CC)c1c(S(=O)(=O)c2ccccc2)c[nH+]c2cc3c(cc12)OCCO3. The number of H-pyrrole nitrogens is 1. The minimum Gasteiger partial charge on any atom is -0.486 e. The number of aromatic nitrogens is 1. The Morgan fingerprint density at radius 3 is 2.29 bits per heavy atom. The van der Waals surface area contributed by atoms with Crippen LogP contribution in [-0.4, -0.2) is 34.7 Å². The fraction of sp³-hybridized carbons (Fsp3) is 0.286. The second kappa shape index (κ2) is 7.31. The molecule has 2 aromatic carbocycles. The van der Waals surface area contributed by atoms with Crippen molar-refractivity contribution in [2.24, 2.45) is 0 Å². The number of hydrogen-bond donors (Lipinski definition) is 0.